The van der Waals surface area contributed by atoms with Gasteiger partial charge in [-0.15, -0.1) is 0 Å². The minimum Gasteiger partial charge on any atom is -0.503 e. The predicted octanol–water partition coefficient (Wildman–Crippen LogP) is 3.91. The molecule has 0 unspecified atom stereocenters. The highest BCUT2D eigenvalue weighted by Gasteiger charge is 2.36. The molecule has 0 aromatic heterocycles. The Bertz CT molecular complexity index is 1060. The Hall–Kier alpha value is -3.52. The van der Waals surface area contributed by atoms with Crippen LogP contribution in [0.15, 0.2) is 59.9 Å². The largest absolute Gasteiger partial charge is 0.503 e. The summed E-state index contributed by atoms with van der Waals surface area (Å²) in [5.74, 6) is -2.80. The van der Waals surface area contributed by atoms with E-state index in [1.807, 2.05) is 0 Å². The maximum Gasteiger partial charge on any atom is 0.336 e. The van der Waals surface area contributed by atoms with Crippen molar-refractivity contribution in [3.63, 3.8) is 0 Å². The molecule has 0 atom stereocenters. The first-order chi connectivity index (χ1) is 15.3. The Labute approximate surface area is 189 Å². The Morgan fingerprint density at radius 1 is 1.03 bits per heavy atom. The van der Waals surface area contributed by atoms with Crippen LogP contribution in [-0.4, -0.2) is 43.3 Å². The van der Waals surface area contributed by atoms with Crippen molar-refractivity contribution in [1.82, 2.24) is 4.90 Å². The Kier molecular flexibility index (Phi) is 7.05. The van der Waals surface area contributed by atoms with E-state index < -0.39 is 17.9 Å². The summed E-state index contributed by atoms with van der Waals surface area (Å²) < 4.78 is 28.3. The number of benzene rings is 2. The van der Waals surface area contributed by atoms with Crippen LogP contribution >= 0.6 is 11.6 Å². The minimum atomic E-state index is -0.897. The van der Waals surface area contributed by atoms with Crippen LogP contribution < -0.4 is 4.74 Å². The van der Waals surface area contributed by atoms with Crippen molar-refractivity contribution in [1.29, 1.82) is 0 Å². The Balaban J connectivity index is 2.13. The van der Waals surface area contributed by atoms with E-state index in [-0.39, 0.29) is 40.0 Å². The molecule has 0 spiro atoms. The molecule has 9 heteroatoms. The number of phenols is 1. The Morgan fingerprint density at radius 3 is 2.09 bits per heavy atom. The van der Waals surface area contributed by atoms with E-state index >= 15 is 0 Å². The molecule has 1 N–H and O–H groups in total. The molecule has 0 radical (unpaired) electrons. The standard InChI is InChI=1S/C23H21ClFNO6/c1-30-19-9-14(8-18(24)21(19)27)20-16(22(28)31-2)11-26(12-17(20)23(29)32-3)10-13-4-6-15(25)7-5-13/h4-9,11-12,20,27H,10H2,1-3H3. The number of nitrogens with zero attached hydrogens (tertiary/aromatic N) is 1. The van der Waals surface area contributed by atoms with Crippen molar-refractivity contribution in [3.05, 3.63) is 81.9 Å². The molecule has 7 nitrogen and oxygen atoms in total. The second-order valence-corrected chi connectivity index (χ2v) is 7.34. The van der Waals surface area contributed by atoms with E-state index in [1.165, 1.54) is 45.6 Å². The van der Waals surface area contributed by atoms with Crippen molar-refractivity contribution < 1.29 is 33.3 Å². The van der Waals surface area contributed by atoms with Gasteiger partial charge in [-0.05, 0) is 35.4 Å². The molecule has 0 aliphatic carbocycles. The summed E-state index contributed by atoms with van der Waals surface area (Å²) in [6.07, 6.45) is 3.08. The lowest BCUT2D eigenvalue weighted by molar-refractivity contribution is -0.137. The van der Waals surface area contributed by atoms with E-state index in [9.17, 15) is 19.1 Å². The Morgan fingerprint density at radius 2 is 1.59 bits per heavy atom. The van der Waals surface area contributed by atoms with Gasteiger partial charge in [0.1, 0.15) is 5.82 Å². The fourth-order valence-electron chi connectivity index (χ4n) is 3.46. The minimum absolute atomic E-state index is 0.0125. The van der Waals surface area contributed by atoms with Gasteiger partial charge in [0.2, 0.25) is 0 Å². The van der Waals surface area contributed by atoms with Crippen LogP contribution in [-0.2, 0) is 25.6 Å². The highest BCUT2D eigenvalue weighted by molar-refractivity contribution is 6.32. The summed E-state index contributed by atoms with van der Waals surface area (Å²) in [5.41, 5.74) is 1.45. The number of hydrogen-bond donors (Lipinski definition) is 1. The van der Waals surface area contributed by atoms with Gasteiger partial charge in [0, 0.05) is 18.9 Å². The van der Waals surface area contributed by atoms with E-state index in [1.54, 1.807) is 29.4 Å². The number of esters is 2. The number of phenolic OH excluding ortho intramolecular Hbond substituents is 1. The molecule has 1 aliphatic rings. The number of carbonyl (C=O) groups is 2. The maximum atomic E-state index is 13.3. The van der Waals surface area contributed by atoms with Gasteiger partial charge in [0.15, 0.2) is 11.5 Å². The van der Waals surface area contributed by atoms with Crippen LogP contribution in [0.2, 0.25) is 5.02 Å². The van der Waals surface area contributed by atoms with Crippen molar-refractivity contribution >= 4 is 23.5 Å². The number of ether oxygens (including phenoxy) is 3. The summed E-state index contributed by atoms with van der Waals surface area (Å²) in [4.78, 5) is 27.0. The number of methoxy groups -OCH3 is 3. The van der Waals surface area contributed by atoms with Gasteiger partial charge in [0.25, 0.3) is 0 Å². The molecular weight excluding hydrogens is 441 g/mol. The van der Waals surface area contributed by atoms with Crippen LogP contribution in [0, 0.1) is 5.82 Å². The van der Waals surface area contributed by atoms with Crippen LogP contribution in [0.4, 0.5) is 4.39 Å². The average Bonchev–Trinajstić information content (AvgIpc) is 2.80. The second kappa shape index (κ2) is 9.74. The van der Waals surface area contributed by atoms with E-state index in [0.717, 1.165) is 5.56 Å². The van der Waals surface area contributed by atoms with Crippen LogP contribution in [0.3, 0.4) is 0 Å². The molecule has 2 aromatic rings. The van der Waals surface area contributed by atoms with Gasteiger partial charge < -0.3 is 24.2 Å². The topological polar surface area (TPSA) is 85.3 Å². The lowest BCUT2D eigenvalue weighted by Gasteiger charge is -2.30. The first-order valence-electron chi connectivity index (χ1n) is 9.45. The third-order valence-electron chi connectivity index (χ3n) is 4.96. The average molecular weight is 462 g/mol. The molecule has 1 aliphatic heterocycles. The zero-order valence-electron chi connectivity index (χ0n) is 17.6. The smallest absolute Gasteiger partial charge is 0.336 e. The van der Waals surface area contributed by atoms with E-state index in [2.05, 4.69) is 0 Å². The fourth-order valence-corrected chi connectivity index (χ4v) is 3.67. The fraction of sp³-hybridized carbons (Fsp3) is 0.217. The van der Waals surface area contributed by atoms with Crippen molar-refractivity contribution in [3.8, 4) is 11.5 Å². The SMILES string of the molecule is COC(=O)C1=CN(Cc2ccc(F)cc2)C=C(C(=O)OC)C1c1cc(Cl)c(O)c(OC)c1. The predicted molar refractivity (Wildman–Crippen MR) is 115 cm³/mol. The molecule has 1 heterocycles. The van der Waals surface area contributed by atoms with Gasteiger partial charge in [-0.3, -0.25) is 0 Å². The van der Waals surface area contributed by atoms with Crippen molar-refractivity contribution in [2.24, 2.45) is 0 Å². The lowest BCUT2D eigenvalue weighted by Crippen LogP contribution is -2.28. The third-order valence-corrected chi connectivity index (χ3v) is 5.24. The molecule has 32 heavy (non-hydrogen) atoms. The molecule has 2 aromatic carbocycles. The first-order valence-corrected chi connectivity index (χ1v) is 9.83. The van der Waals surface area contributed by atoms with Crippen LogP contribution in [0.1, 0.15) is 17.0 Å². The third kappa shape index (κ3) is 4.70. The molecule has 0 saturated carbocycles. The number of halogens is 2. The van der Waals surface area contributed by atoms with Crippen molar-refractivity contribution in [2.75, 3.05) is 21.3 Å². The van der Waals surface area contributed by atoms with Crippen molar-refractivity contribution in [2.45, 2.75) is 12.5 Å². The summed E-state index contributed by atoms with van der Waals surface area (Å²) >= 11 is 6.15. The first kappa shape index (κ1) is 23.1. The van der Waals surface area contributed by atoms with Crippen LogP contribution in [0.25, 0.3) is 0 Å². The van der Waals surface area contributed by atoms with Gasteiger partial charge in [-0.25, -0.2) is 14.0 Å². The van der Waals surface area contributed by atoms with Crippen LogP contribution in [0.5, 0.6) is 11.5 Å². The quantitative estimate of drug-likeness (QED) is 0.653. The second-order valence-electron chi connectivity index (χ2n) is 6.94. The zero-order valence-corrected chi connectivity index (χ0v) is 18.4. The molecule has 0 amide bonds. The normalized spacial score (nSPS) is 13.8. The molecule has 168 valence electrons. The van der Waals surface area contributed by atoms with Gasteiger partial charge in [0.05, 0.1) is 43.4 Å². The highest BCUT2D eigenvalue weighted by Crippen LogP contribution is 2.43. The zero-order chi connectivity index (χ0) is 23.4. The molecular formula is C23H21ClFNO6. The number of aromatic hydroxyl groups is 1. The van der Waals surface area contributed by atoms with Gasteiger partial charge >= 0.3 is 11.9 Å². The summed E-state index contributed by atoms with van der Waals surface area (Å²) in [5, 5.41) is 10.1. The van der Waals surface area contributed by atoms with Gasteiger partial charge in [-0.2, -0.15) is 0 Å². The highest BCUT2D eigenvalue weighted by atomic mass is 35.5. The van der Waals surface area contributed by atoms with E-state index in [4.69, 9.17) is 25.8 Å². The maximum absolute atomic E-state index is 13.3. The monoisotopic (exact) mass is 461 g/mol. The molecule has 3 rings (SSSR count). The van der Waals surface area contributed by atoms with E-state index in [0.29, 0.717) is 5.56 Å². The molecule has 0 saturated heterocycles. The number of hydrogen-bond acceptors (Lipinski definition) is 7. The number of carbonyl (C=O) groups excluding carboxylic acids is 2. The summed E-state index contributed by atoms with van der Waals surface area (Å²) in [6, 6.07) is 8.76. The summed E-state index contributed by atoms with van der Waals surface area (Å²) in [6.45, 7) is 0.258. The lowest BCUT2D eigenvalue weighted by atomic mass is 9.83. The number of rotatable bonds is 6. The molecule has 0 fully saturated rings. The summed E-state index contributed by atoms with van der Waals surface area (Å²) in [7, 11) is 3.81. The van der Waals surface area contributed by atoms with Gasteiger partial charge in [-0.1, -0.05) is 23.7 Å². The molecule has 0 bridgehead atoms.